The molecule has 8 nitrogen and oxygen atoms in total. The molecule has 0 saturated carbocycles. The second-order valence-corrected chi connectivity index (χ2v) is 7.83. The van der Waals surface area contributed by atoms with Crippen LogP contribution in [-0.4, -0.2) is 41.5 Å². The first kappa shape index (κ1) is 19.2. The number of carbonyl (C=O) groups is 3. The van der Waals surface area contributed by atoms with Gasteiger partial charge in [-0.15, -0.1) is 0 Å². The monoisotopic (exact) mass is 397 g/mol. The van der Waals surface area contributed by atoms with E-state index in [0.29, 0.717) is 30.8 Å². The van der Waals surface area contributed by atoms with Crippen molar-refractivity contribution in [2.75, 3.05) is 23.3 Å². The number of amides is 3. The summed E-state index contributed by atoms with van der Waals surface area (Å²) < 4.78 is 5.20. The maximum Gasteiger partial charge on any atom is 0.313 e. The van der Waals surface area contributed by atoms with Gasteiger partial charge in [0.2, 0.25) is 5.91 Å². The van der Waals surface area contributed by atoms with Crippen molar-refractivity contribution in [1.29, 1.82) is 0 Å². The number of nitrogens with one attached hydrogen (secondary N) is 2. The fraction of sp³-hybridized carbons (Fsp3) is 0.381. The molecule has 1 aromatic carbocycles. The van der Waals surface area contributed by atoms with Crippen molar-refractivity contribution in [3.05, 3.63) is 47.4 Å². The van der Waals surface area contributed by atoms with Gasteiger partial charge in [-0.25, -0.2) is 0 Å². The quantitative estimate of drug-likeness (QED) is 0.656. The molecule has 29 heavy (non-hydrogen) atoms. The van der Waals surface area contributed by atoms with Gasteiger partial charge in [-0.1, -0.05) is 0 Å². The molecule has 0 saturated heterocycles. The van der Waals surface area contributed by atoms with E-state index in [9.17, 15) is 19.5 Å². The first-order chi connectivity index (χ1) is 13.8. The van der Waals surface area contributed by atoms with E-state index in [0.717, 1.165) is 23.2 Å². The minimum atomic E-state index is -1.25. The van der Waals surface area contributed by atoms with E-state index in [2.05, 4.69) is 10.6 Å². The van der Waals surface area contributed by atoms with Crippen LogP contribution in [-0.2, 0) is 33.6 Å². The van der Waals surface area contributed by atoms with Crippen LogP contribution in [0.3, 0.4) is 0 Å². The minimum absolute atomic E-state index is 0.0908. The molecular weight excluding hydrogens is 374 g/mol. The Morgan fingerprint density at radius 2 is 1.97 bits per heavy atom. The third-order valence-corrected chi connectivity index (χ3v) is 5.28. The smallest absolute Gasteiger partial charge is 0.313 e. The Balaban J connectivity index is 1.37. The Morgan fingerprint density at radius 3 is 2.69 bits per heavy atom. The average Bonchev–Trinajstić information content (AvgIpc) is 3.33. The summed E-state index contributed by atoms with van der Waals surface area (Å²) in [4.78, 5) is 38.3. The second-order valence-electron chi connectivity index (χ2n) is 7.83. The van der Waals surface area contributed by atoms with Crippen molar-refractivity contribution in [3.63, 3.8) is 0 Å². The summed E-state index contributed by atoms with van der Waals surface area (Å²) in [6.07, 6.45) is 3.54. The number of furan rings is 1. The zero-order chi connectivity index (χ0) is 20.6. The first-order valence-corrected chi connectivity index (χ1v) is 9.62. The summed E-state index contributed by atoms with van der Waals surface area (Å²) in [5.74, 6) is -0.897. The third kappa shape index (κ3) is 4.02. The highest BCUT2D eigenvalue weighted by Crippen LogP contribution is 2.38. The van der Waals surface area contributed by atoms with Gasteiger partial charge in [0.15, 0.2) is 0 Å². The molecule has 4 rings (SSSR count). The van der Waals surface area contributed by atoms with Crippen LogP contribution in [0.4, 0.5) is 11.4 Å². The summed E-state index contributed by atoms with van der Waals surface area (Å²) in [7, 11) is 0. The van der Waals surface area contributed by atoms with E-state index in [-0.39, 0.29) is 18.9 Å². The van der Waals surface area contributed by atoms with Crippen LogP contribution in [0.15, 0.2) is 34.9 Å². The number of benzene rings is 1. The van der Waals surface area contributed by atoms with Gasteiger partial charge in [-0.3, -0.25) is 14.4 Å². The van der Waals surface area contributed by atoms with Gasteiger partial charge in [-0.05, 0) is 55.2 Å². The fourth-order valence-electron chi connectivity index (χ4n) is 3.92. The Labute approximate surface area is 167 Å². The SMILES string of the molecule is CC(O)(CNC(=O)C(=O)Nc1cc2c3c(c1)CCN3C(=O)CC2)Cc1ccco1. The van der Waals surface area contributed by atoms with Crippen LogP contribution in [0.5, 0.6) is 0 Å². The van der Waals surface area contributed by atoms with Gasteiger partial charge in [0, 0.05) is 31.6 Å². The molecule has 2 aliphatic rings. The molecule has 1 unspecified atom stereocenters. The van der Waals surface area contributed by atoms with Gasteiger partial charge in [0.05, 0.1) is 17.6 Å². The van der Waals surface area contributed by atoms with E-state index in [4.69, 9.17) is 4.42 Å². The Hall–Kier alpha value is -3.13. The molecule has 0 aliphatic carbocycles. The Morgan fingerprint density at radius 1 is 1.21 bits per heavy atom. The van der Waals surface area contributed by atoms with Crippen molar-refractivity contribution < 1.29 is 23.9 Å². The number of carbonyl (C=O) groups excluding carboxylic acids is 3. The predicted octanol–water partition coefficient (Wildman–Crippen LogP) is 1.16. The highest BCUT2D eigenvalue weighted by Gasteiger charge is 2.32. The Bertz CT molecular complexity index is 965. The largest absolute Gasteiger partial charge is 0.469 e. The zero-order valence-electron chi connectivity index (χ0n) is 16.2. The van der Waals surface area contributed by atoms with Crippen LogP contribution < -0.4 is 15.5 Å². The number of hydrogen-bond donors (Lipinski definition) is 3. The molecule has 0 fully saturated rings. The normalized spacial score (nSPS) is 16.9. The van der Waals surface area contributed by atoms with Gasteiger partial charge in [-0.2, -0.15) is 0 Å². The number of aliphatic hydroxyl groups is 1. The molecule has 152 valence electrons. The van der Waals surface area contributed by atoms with E-state index < -0.39 is 17.4 Å². The molecule has 1 aromatic heterocycles. The number of anilines is 2. The molecule has 3 amide bonds. The molecule has 0 radical (unpaired) electrons. The van der Waals surface area contributed by atoms with Gasteiger partial charge in [0.25, 0.3) is 0 Å². The molecule has 8 heteroatoms. The maximum absolute atomic E-state index is 12.3. The van der Waals surface area contributed by atoms with Crippen LogP contribution in [0, 0.1) is 0 Å². The van der Waals surface area contributed by atoms with Gasteiger partial charge in [0.1, 0.15) is 5.76 Å². The van der Waals surface area contributed by atoms with Crippen LogP contribution >= 0.6 is 0 Å². The second kappa shape index (κ2) is 7.36. The molecule has 2 aliphatic heterocycles. The zero-order valence-corrected chi connectivity index (χ0v) is 16.2. The lowest BCUT2D eigenvalue weighted by Gasteiger charge is -2.26. The van der Waals surface area contributed by atoms with Gasteiger partial charge >= 0.3 is 11.8 Å². The van der Waals surface area contributed by atoms with Crippen molar-refractivity contribution in [2.24, 2.45) is 0 Å². The first-order valence-electron chi connectivity index (χ1n) is 9.62. The highest BCUT2D eigenvalue weighted by atomic mass is 16.3. The molecule has 3 heterocycles. The molecule has 1 atom stereocenters. The summed E-state index contributed by atoms with van der Waals surface area (Å²) in [5.41, 5.74) is 2.26. The lowest BCUT2D eigenvalue weighted by Crippen LogP contribution is -2.45. The van der Waals surface area contributed by atoms with E-state index in [1.54, 1.807) is 24.0 Å². The summed E-state index contributed by atoms with van der Waals surface area (Å²) in [6, 6.07) is 7.09. The van der Waals surface area contributed by atoms with Crippen molar-refractivity contribution >= 4 is 29.1 Å². The van der Waals surface area contributed by atoms with Crippen LogP contribution in [0.2, 0.25) is 0 Å². The predicted molar refractivity (Wildman–Crippen MR) is 105 cm³/mol. The molecule has 0 bridgehead atoms. The summed E-state index contributed by atoms with van der Waals surface area (Å²) in [6.45, 7) is 2.13. The van der Waals surface area contributed by atoms with E-state index >= 15 is 0 Å². The molecular formula is C21H23N3O5. The number of hydrogen-bond acceptors (Lipinski definition) is 5. The average molecular weight is 397 g/mol. The molecule has 3 N–H and O–H groups in total. The topological polar surface area (TPSA) is 112 Å². The van der Waals surface area contributed by atoms with Gasteiger partial charge < -0.3 is 25.1 Å². The van der Waals surface area contributed by atoms with Crippen molar-refractivity contribution in [1.82, 2.24) is 5.32 Å². The molecule has 0 spiro atoms. The fourth-order valence-corrected chi connectivity index (χ4v) is 3.92. The highest BCUT2D eigenvalue weighted by molar-refractivity contribution is 6.39. The summed E-state index contributed by atoms with van der Waals surface area (Å²) >= 11 is 0. The van der Waals surface area contributed by atoms with E-state index in [1.807, 2.05) is 12.1 Å². The van der Waals surface area contributed by atoms with Crippen molar-refractivity contribution in [2.45, 2.75) is 38.2 Å². The van der Waals surface area contributed by atoms with Crippen molar-refractivity contribution in [3.8, 4) is 0 Å². The standard InChI is InChI=1S/C21H23N3O5/c1-21(28,11-16-3-2-8-29-16)12-22-19(26)20(27)23-15-9-13-4-5-17(25)24-7-6-14(10-15)18(13)24/h2-3,8-10,28H,4-7,11-12H2,1H3,(H,22,26)(H,23,27). The third-order valence-electron chi connectivity index (χ3n) is 5.28. The van der Waals surface area contributed by atoms with Crippen LogP contribution in [0.1, 0.15) is 30.2 Å². The number of aryl methyl sites for hydroxylation is 1. The summed E-state index contributed by atoms with van der Waals surface area (Å²) in [5, 5.41) is 15.5. The minimum Gasteiger partial charge on any atom is -0.469 e. The number of rotatable bonds is 5. The lowest BCUT2D eigenvalue weighted by molar-refractivity contribution is -0.136. The Kier molecular flexibility index (Phi) is 4.87. The number of nitrogens with zero attached hydrogens (tertiary/aromatic N) is 1. The maximum atomic E-state index is 12.3. The van der Waals surface area contributed by atoms with E-state index in [1.165, 1.54) is 6.26 Å². The van der Waals surface area contributed by atoms with Crippen LogP contribution in [0.25, 0.3) is 0 Å². The lowest BCUT2D eigenvalue weighted by atomic mass is 9.98. The molecule has 2 aromatic rings.